The van der Waals surface area contributed by atoms with Crippen molar-refractivity contribution in [1.82, 2.24) is 9.78 Å². The number of aromatic nitrogens is 2. The number of hydrogen-bond acceptors (Lipinski definition) is 2. The number of aryl methyl sites for hydroxylation is 2. The maximum absolute atomic E-state index is 6.26. The molecule has 0 amide bonds. The largest absolute Gasteiger partial charge is 0.328 e. The Morgan fingerprint density at radius 2 is 2.19 bits per heavy atom. The highest BCUT2D eigenvalue weighted by molar-refractivity contribution is 6.35. The van der Waals surface area contributed by atoms with E-state index in [1.807, 2.05) is 31.6 Å². The molecule has 0 aliphatic carbocycles. The van der Waals surface area contributed by atoms with Gasteiger partial charge in [-0.1, -0.05) is 11.6 Å². The standard InChI is InChI=1S/C12H16ClN3/c1-7(14)4-9-5-10-8(2)15-16(3)12(10)11(13)6-9/h5-7H,4,14H2,1-3H3. The van der Waals surface area contributed by atoms with Crippen LogP contribution in [0.5, 0.6) is 0 Å². The quantitative estimate of drug-likeness (QED) is 0.872. The third-order valence-corrected chi connectivity index (χ3v) is 2.98. The van der Waals surface area contributed by atoms with Gasteiger partial charge in [0, 0.05) is 18.5 Å². The van der Waals surface area contributed by atoms with Crippen molar-refractivity contribution in [2.45, 2.75) is 26.3 Å². The molecule has 2 rings (SSSR count). The lowest BCUT2D eigenvalue weighted by molar-refractivity contribution is 0.738. The van der Waals surface area contributed by atoms with Gasteiger partial charge in [-0.25, -0.2) is 0 Å². The van der Waals surface area contributed by atoms with Crippen LogP contribution in [0.2, 0.25) is 5.02 Å². The van der Waals surface area contributed by atoms with Gasteiger partial charge < -0.3 is 5.73 Å². The molecule has 0 aliphatic rings. The van der Waals surface area contributed by atoms with Crippen LogP contribution in [0.3, 0.4) is 0 Å². The second-order valence-electron chi connectivity index (χ2n) is 4.36. The van der Waals surface area contributed by atoms with Crippen molar-refractivity contribution in [2.24, 2.45) is 12.8 Å². The van der Waals surface area contributed by atoms with Crippen molar-refractivity contribution in [3.05, 3.63) is 28.4 Å². The molecular formula is C12H16ClN3. The van der Waals surface area contributed by atoms with Crippen molar-refractivity contribution in [2.75, 3.05) is 0 Å². The molecule has 1 atom stereocenters. The predicted molar refractivity (Wildman–Crippen MR) is 67.8 cm³/mol. The van der Waals surface area contributed by atoms with Crippen LogP contribution in [0.25, 0.3) is 10.9 Å². The van der Waals surface area contributed by atoms with Gasteiger partial charge >= 0.3 is 0 Å². The van der Waals surface area contributed by atoms with Crippen LogP contribution in [0.15, 0.2) is 12.1 Å². The molecule has 2 aromatic rings. The fourth-order valence-corrected chi connectivity index (χ4v) is 2.44. The second kappa shape index (κ2) is 4.07. The molecule has 3 nitrogen and oxygen atoms in total. The molecule has 0 bridgehead atoms. The SMILES string of the molecule is Cc1nn(C)c2c(Cl)cc(CC(C)N)cc12. The molecule has 1 unspecified atom stereocenters. The number of nitrogens with two attached hydrogens (primary N) is 1. The van der Waals surface area contributed by atoms with Gasteiger partial charge in [0.05, 0.1) is 16.2 Å². The Morgan fingerprint density at radius 3 is 2.81 bits per heavy atom. The maximum Gasteiger partial charge on any atom is 0.0868 e. The average Bonchev–Trinajstić information content (AvgIpc) is 2.41. The van der Waals surface area contributed by atoms with Gasteiger partial charge in [-0.3, -0.25) is 4.68 Å². The first-order valence-electron chi connectivity index (χ1n) is 5.36. The molecule has 86 valence electrons. The summed E-state index contributed by atoms with van der Waals surface area (Å²) in [5, 5.41) is 6.24. The first kappa shape index (κ1) is 11.4. The monoisotopic (exact) mass is 237 g/mol. The number of rotatable bonds is 2. The summed E-state index contributed by atoms with van der Waals surface area (Å²) in [6.45, 7) is 3.99. The zero-order valence-corrected chi connectivity index (χ0v) is 10.5. The van der Waals surface area contributed by atoms with E-state index < -0.39 is 0 Å². The van der Waals surface area contributed by atoms with Crippen LogP contribution >= 0.6 is 11.6 Å². The molecule has 0 aliphatic heterocycles. The molecule has 0 fully saturated rings. The highest BCUT2D eigenvalue weighted by atomic mass is 35.5. The van der Waals surface area contributed by atoms with E-state index in [1.165, 1.54) is 5.56 Å². The fraction of sp³-hybridized carbons (Fsp3) is 0.417. The number of hydrogen-bond donors (Lipinski definition) is 1. The second-order valence-corrected chi connectivity index (χ2v) is 4.77. The van der Waals surface area contributed by atoms with Crippen LogP contribution in [0, 0.1) is 6.92 Å². The van der Waals surface area contributed by atoms with E-state index in [9.17, 15) is 0 Å². The molecule has 1 aromatic heterocycles. The van der Waals surface area contributed by atoms with Crippen molar-refractivity contribution >= 4 is 22.5 Å². The lowest BCUT2D eigenvalue weighted by atomic mass is 10.0. The fourth-order valence-electron chi connectivity index (χ4n) is 2.08. The number of halogens is 1. The number of nitrogens with zero attached hydrogens (tertiary/aromatic N) is 2. The smallest absolute Gasteiger partial charge is 0.0868 e. The van der Waals surface area contributed by atoms with Crippen LogP contribution < -0.4 is 5.73 Å². The third-order valence-electron chi connectivity index (χ3n) is 2.69. The van der Waals surface area contributed by atoms with Crippen molar-refractivity contribution in [1.29, 1.82) is 0 Å². The predicted octanol–water partition coefficient (Wildman–Crippen LogP) is 2.42. The first-order chi connectivity index (χ1) is 7.49. The minimum Gasteiger partial charge on any atom is -0.328 e. The molecule has 0 saturated heterocycles. The van der Waals surface area contributed by atoms with Gasteiger partial charge in [-0.05, 0) is 38.0 Å². The van der Waals surface area contributed by atoms with E-state index in [1.54, 1.807) is 0 Å². The van der Waals surface area contributed by atoms with Crippen LogP contribution in [-0.2, 0) is 13.5 Å². The summed E-state index contributed by atoms with van der Waals surface area (Å²) in [4.78, 5) is 0. The van der Waals surface area contributed by atoms with E-state index in [2.05, 4.69) is 11.2 Å². The zero-order chi connectivity index (χ0) is 11.9. The van der Waals surface area contributed by atoms with E-state index in [0.717, 1.165) is 28.0 Å². The average molecular weight is 238 g/mol. The highest BCUT2D eigenvalue weighted by Gasteiger charge is 2.10. The van der Waals surface area contributed by atoms with E-state index in [4.69, 9.17) is 17.3 Å². The third kappa shape index (κ3) is 1.93. The van der Waals surface area contributed by atoms with Crippen molar-refractivity contribution in [3.8, 4) is 0 Å². The number of benzene rings is 1. The Hall–Kier alpha value is -1.06. The van der Waals surface area contributed by atoms with Gasteiger partial charge in [-0.2, -0.15) is 5.10 Å². The minimum atomic E-state index is 0.144. The van der Waals surface area contributed by atoms with Crippen LogP contribution in [0.4, 0.5) is 0 Å². The topological polar surface area (TPSA) is 43.8 Å². The summed E-state index contributed by atoms with van der Waals surface area (Å²) in [7, 11) is 1.91. The molecule has 1 aromatic carbocycles. The van der Waals surface area contributed by atoms with Crippen molar-refractivity contribution < 1.29 is 0 Å². The first-order valence-corrected chi connectivity index (χ1v) is 5.74. The molecular weight excluding hydrogens is 222 g/mol. The number of fused-ring (bicyclic) bond motifs is 1. The van der Waals surface area contributed by atoms with Crippen LogP contribution in [0.1, 0.15) is 18.2 Å². The summed E-state index contributed by atoms with van der Waals surface area (Å²) >= 11 is 6.26. The van der Waals surface area contributed by atoms with Gasteiger partial charge in [0.25, 0.3) is 0 Å². The Kier molecular flexibility index (Phi) is 2.91. The molecule has 0 spiro atoms. The van der Waals surface area contributed by atoms with Gasteiger partial charge in [0.15, 0.2) is 0 Å². The van der Waals surface area contributed by atoms with Gasteiger partial charge in [-0.15, -0.1) is 0 Å². The van der Waals surface area contributed by atoms with Gasteiger partial charge in [0.2, 0.25) is 0 Å². The molecule has 2 N–H and O–H groups in total. The Labute approximate surface area is 100 Å². The molecule has 1 heterocycles. The summed E-state index contributed by atoms with van der Waals surface area (Å²) in [6.07, 6.45) is 0.837. The van der Waals surface area contributed by atoms with E-state index in [-0.39, 0.29) is 6.04 Å². The Morgan fingerprint density at radius 1 is 1.50 bits per heavy atom. The molecule has 4 heteroatoms. The normalized spacial score (nSPS) is 13.3. The van der Waals surface area contributed by atoms with Crippen LogP contribution in [-0.4, -0.2) is 15.8 Å². The lowest BCUT2D eigenvalue weighted by Crippen LogP contribution is -2.17. The van der Waals surface area contributed by atoms with Gasteiger partial charge in [0.1, 0.15) is 0 Å². The zero-order valence-electron chi connectivity index (χ0n) is 9.79. The summed E-state index contributed by atoms with van der Waals surface area (Å²) in [5.74, 6) is 0. The maximum atomic E-state index is 6.26. The molecule has 16 heavy (non-hydrogen) atoms. The summed E-state index contributed by atoms with van der Waals surface area (Å²) in [6, 6.07) is 4.26. The Bertz CT molecular complexity index is 529. The highest BCUT2D eigenvalue weighted by Crippen LogP contribution is 2.27. The lowest BCUT2D eigenvalue weighted by Gasteiger charge is -2.07. The van der Waals surface area contributed by atoms with Crippen molar-refractivity contribution in [3.63, 3.8) is 0 Å². The summed E-state index contributed by atoms with van der Waals surface area (Å²) < 4.78 is 1.82. The Balaban J connectivity index is 2.62. The van der Waals surface area contributed by atoms with E-state index >= 15 is 0 Å². The minimum absolute atomic E-state index is 0.144. The molecule has 0 radical (unpaired) electrons. The summed E-state index contributed by atoms with van der Waals surface area (Å²) in [5.41, 5.74) is 8.97. The molecule has 0 saturated carbocycles. The van der Waals surface area contributed by atoms with E-state index in [0.29, 0.717) is 0 Å².